The first-order valence-electron chi connectivity index (χ1n) is 9.13. The van der Waals surface area contributed by atoms with E-state index in [0.29, 0.717) is 5.92 Å². The van der Waals surface area contributed by atoms with Crippen LogP contribution in [0.3, 0.4) is 0 Å². The number of piperazine rings is 1. The van der Waals surface area contributed by atoms with Crippen molar-refractivity contribution in [3.05, 3.63) is 53.6 Å². The van der Waals surface area contributed by atoms with Crippen LogP contribution < -0.4 is 0 Å². The molecule has 0 unspecified atom stereocenters. The highest BCUT2D eigenvalue weighted by molar-refractivity contribution is 5.25. The van der Waals surface area contributed by atoms with Crippen LogP contribution >= 0.6 is 0 Å². The summed E-state index contributed by atoms with van der Waals surface area (Å²) in [6.45, 7) is 14.5. The molecule has 0 bridgehead atoms. The Bertz CT molecular complexity index is 639. The summed E-state index contributed by atoms with van der Waals surface area (Å²) in [5, 5.41) is 0. The second-order valence-electron chi connectivity index (χ2n) is 7.18. The molecule has 0 radical (unpaired) electrons. The molecular weight excluding hydrogens is 296 g/mol. The van der Waals surface area contributed by atoms with Crippen molar-refractivity contribution < 1.29 is 0 Å². The molecule has 2 heterocycles. The molecule has 0 saturated carbocycles. The average molecular weight is 326 g/mol. The van der Waals surface area contributed by atoms with E-state index in [2.05, 4.69) is 70.6 Å². The van der Waals surface area contributed by atoms with Gasteiger partial charge in [0.15, 0.2) is 0 Å². The fourth-order valence-electron chi connectivity index (χ4n) is 3.46. The topological polar surface area (TPSA) is 24.3 Å². The first kappa shape index (κ1) is 17.2. The summed E-state index contributed by atoms with van der Waals surface area (Å²) in [7, 11) is 0. The van der Waals surface area contributed by atoms with Crippen LogP contribution in [0.25, 0.3) is 0 Å². The van der Waals surface area contributed by atoms with Gasteiger partial charge < -0.3 is 4.57 Å². The lowest BCUT2D eigenvalue weighted by Crippen LogP contribution is -2.46. The molecule has 0 spiro atoms. The summed E-state index contributed by atoms with van der Waals surface area (Å²) in [5.74, 6) is 1.69. The molecule has 130 valence electrons. The molecule has 3 rings (SSSR count). The molecule has 1 saturated heterocycles. The third-order valence-electron chi connectivity index (χ3n) is 5.04. The largest absolute Gasteiger partial charge is 0.333 e. The maximum absolute atomic E-state index is 4.48. The Labute approximate surface area is 146 Å². The SMILES string of the molecule is Cc1ccccc1CN1CCN(CCn2ccnc2C(C)C)CC1. The van der Waals surface area contributed by atoms with Crippen LogP contribution in [-0.2, 0) is 13.1 Å². The number of nitrogens with zero attached hydrogens (tertiary/aromatic N) is 4. The van der Waals surface area contributed by atoms with Crippen molar-refractivity contribution in [3.63, 3.8) is 0 Å². The highest BCUT2D eigenvalue weighted by Gasteiger charge is 2.17. The minimum atomic E-state index is 0.492. The summed E-state index contributed by atoms with van der Waals surface area (Å²) < 4.78 is 2.31. The maximum Gasteiger partial charge on any atom is 0.111 e. The van der Waals surface area contributed by atoms with E-state index in [0.717, 1.165) is 45.8 Å². The van der Waals surface area contributed by atoms with Crippen LogP contribution in [0, 0.1) is 6.92 Å². The van der Waals surface area contributed by atoms with Crippen molar-refractivity contribution in [2.75, 3.05) is 32.7 Å². The predicted octanol–water partition coefficient (Wildman–Crippen LogP) is 3.13. The molecule has 1 aliphatic heterocycles. The molecule has 1 fully saturated rings. The van der Waals surface area contributed by atoms with Crippen LogP contribution in [0.1, 0.15) is 36.7 Å². The number of aromatic nitrogens is 2. The van der Waals surface area contributed by atoms with Crippen LogP contribution in [0.5, 0.6) is 0 Å². The lowest BCUT2D eigenvalue weighted by atomic mass is 10.1. The molecule has 0 atom stereocenters. The Morgan fingerprint density at radius 1 is 1.00 bits per heavy atom. The lowest BCUT2D eigenvalue weighted by Gasteiger charge is -2.35. The van der Waals surface area contributed by atoms with E-state index < -0.39 is 0 Å². The Balaban J connectivity index is 1.45. The van der Waals surface area contributed by atoms with Gasteiger partial charge in [-0.05, 0) is 18.1 Å². The Hall–Kier alpha value is -1.65. The van der Waals surface area contributed by atoms with Crippen LogP contribution in [0.2, 0.25) is 0 Å². The average Bonchev–Trinajstić information content (AvgIpc) is 3.05. The first-order chi connectivity index (χ1) is 11.6. The molecule has 0 aliphatic carbocycles. The van der Waals surface area contributed by atoms with Crippen molar-refractivity contribution in [3.8, 4) is 0 Å². The van der Waals surface area contributed by atoms with Crippen LogP contribution in [-0.4, -0.2) is 52.1 Å². The molecule has 2 aromatic rings. The molecule has 0 amide bonds. The third-order valence-corrected chi connectivity index (χ3v) is 5.04. The van der Waals surface area contributed by atoms with Crippen LogP contribution in [0.4, 0.5) is 0 Å². The van der Waals surface area contributed by atoms with Gasteiger partial charge in [0.05, 0.1) is 0 Å². The molecule has 0 N–H and O–H groups in total. The molecule has 1 aromatic heterocycles. The fraction of sp³-hybridized carbons (Fsp3) is 0.550. The van der Waals surface area contributed by atoms with E-state index in [9.17, 15) is 0 Å². The summed E-state index contributed by atoms with van der Waals surface area (Å²) in [5.41, 5.74) is 2.87. The maximum atomic E-state index is 4.48. The van der Waals surface area contributed by atoms with Crippen molar-refractivity contribution in [1.82, 2.24) is 19.4 Å². The summed E-state index contributed by atoms with van der Waals surface area (Å²) in [6.07, 6.45) is 4.04. The summed E-state index contributed by atoms with van der Waals surface area (Å²) in [6, 6.07) is 8.74. The number of hydrogen-bond donors (Lipinski definition) is 0. The Morgan fingerprint density at radius 2 is 1.71 bits per heavy atom. The van der Waals surface area contributed by atoms with Gasteiger partial charge in [-0.15, -0.1) is 0 Å². The lowest BCUT2D eigenvalue weighted by molar-refractivity contribution is 0.123. The fourth-order valence-corrected chi connectivity index (χ4v) is 3.46. The summed E-state index contributed by atoms with van der Waals surface area (Å²) in [4.78, 5) is 9.64. The van der Waals surface area contributed by atoms with Crippen LogP contribution in [0.15, 0.2) is 36.7 Å². The highest BCUT2D eigenvalue weighted by atomic mass is 15.3. The minimum absolute atomic E-state index is 0.492. The zero-order valence-corrected chi connectivity index (χ0v) is 15.3. The van der Waals surface area contributed by atoms with Crippen molar-refractivity contribution >= 4 is 0 Å². The van der Waals surface area contributed by atoms with Gasteiger partial charge in [0, 0.05) is 64.1 Å². The normalized spacial score (nSPS) is 16.8. The second-order valence-corrected chi connectivity index (χ2v) is 7.18. The number of imidazole rings is 1. The standard InChI is InChI=1S/C20H30N4/c1-17(2)20-21-8-9-24(20)15-14-22-10-12-23(13-11-22)16-19-7-5-4-6-18(19)3/h4-9,17H,10-16H2,1-3H3. The minimum Gasteiger partial charge on any atom is -0.333 e. The van der Waals surface area contributed by atoms with Gasteiger partial charge in [0.25, 0.3) is 0 Å². The molecule has 4 nitrogen and oxygen atoms in total. The monoisotopic (exact) mass is 326 g/mol. The van der Waals surface area contributed by atoms with E-state index >= 15 is 0 Å². The zero-order valence-electron chi connectivity index (χ0n) is 15.3. The molecule has 1 aromatic carbocycles. The van der Waals surface area contributed by atoms with Gasteiger partial charge in [-0.2, -0.15) is 0 Å². The van der Waals surface area contributed by atoms with Gasteiger partial charge in [-0.1, -0.05) is 38.1 Å². The number of aryl methyl sites for hydroxylation is 1. The van der Waals surface area contributed by atoms with E-state index in [1.807, 2.05) is 6.20 Å². The van der Waals surface area contributed by atoms with Crippen molar-refractivity contribution in [2.24, 2.45) is 0 Å². The van der Waals surface area contributed by atoms with E-state index in [1.165, 1.54) is 17.0 Å². The van der Waals surface area contributed by atoms with Crippen molar-refractivity contribution in [1.29, 1.82) is 0 Å². The molecule has 1 aliphatic rings. The van der Waals surface area contributed by atoms with Gasteiger partial charge in [0.1, 0.15) is 5.82 Å². The smallest absolute Gasteiger partial charge is 0.111 e. The van der Waals surface area contributed by atoms with Gasteiger partial charge in [-0.3, -0.25) is 9.80 Å². The van der Waals surface area contributed by atoms with Crippen molar-refractivity contribution in [2.45, 2.75) is 39.8 Å². The summed E-state index contributed by atoms with van der Waals surface area (Å²) >= 11 is 0. The third kappa shape index (κ3) is 4.25. The van der Waals surface area contributed by atoms with E-state index in [4.69, 9.17) is 0 Å². The van der Waals surface area contributed by atoms with E-state index in [-0.39, 0.29) is 0 Å². The predicted molar refractivity (Wildman–Crippen MR) is 99.2 cm³/mol. The van der Waals surface area contributed by atoms with Gasteiger partial charge in [0.2, 0.25) is 0 Å². The first-order valence-corrected chi connectivity index (χ1v) is 9.13. The second kappa shape index (κ2) is 7.95. The van der Waals surface area contributed by atoms with Gasteiger partial charge >= 0.3 is 0 Å². The number of benzene rings is 1. The molecule has 24 heavy (non-hydrogen) atoms. The quantitative estimate of drug-likeness (QED) is 0.815. The Morgan fingerprint density at radius 3 is 2.42 bits per heavy atom. The number of rotatable bonds is 6. The Kier molecular flexibility index (Phi) is 5.69. The number of hydrogen-bond acceptors (Lipinski definition) is 3. The van der Waals surface area contributed by atoms with Gasteiger partial charge in [-0.25, -0.2) is 4.98 Å². The van der Waals surface area contributed by atoms with E-state index in [1.54, 1.807) is 0 Å². The molecular formula is C20H30N4. The zero-order chi connectivity index (χ0) is 16.9. The highest BCUT2D eigenvalue weighted by Crippen LogP contribution is 2.14. The molecule has 4 heteroatoms.